The van der Waals surface area contributed by atoms with Crippen LogP contribution in [0, 0.1) is 6.92 Å². The highest BCUT2D eigenvalue weighted by atomic mass is 15.2. The van der Waals surface area contributed by atoms with E-state index in [2.05, 4.69) is 35.3 Å². The van der Waals surface area contributed by atoms with E-state index in [1.807, 2.05) is 0 Å². The van der Waals surface area contributed by atoms with Gasteiger partial charge in [0.1, 0.15) is 0 Å². The van der Waals surface area contributed by atoms with Crippen LogP contribution in [0.25, 0.3) is 0 Å². The number of benzene rings is 1. The first-order valence-electron chi connectivity index (χ1n) is 5.89. The molecule has 0 spiro atoms. The van der Waals surface area contributed by atoms with Crippen LogP contribution < -0.4 is 5.32 Å². The minimum absolute atomic E-state index is 0.628. The topological polar surface area (TPSA) is 15.3 Å². The Balaban J connectivity index is 1.99. The standard InChI is InChI=1S/C13H18N2/c1-10-2-3-12-11(8-10)4-6-15-7-5-14-9-13(12)15/h2-3,8,13-14H,4-7,9H2,1H3/t13-/m0/s1. The van der Waals surface area contributed by atoms with Crippen LogP contribution in [0.2, 0.25) is 0 Å². The minimum atomic E-state index is 0.628. The molecular formula is C13H18N2. The molecule has 0 amide bonds. The quantitative estimate of drug-likeness (QED) is 0.686. The number of nitrogens with one attached hydrogen (secondary N) is 1. The van der Waals surface area contributed by atoms with Crippen molar-refractivity contribution < 1.29 is 0 Å². The van der Waals surface area contributed by atoms with E-state index in [1.165, 1.54) is 25.1 Å². The predicted molar refractivity (Wildman–Crippen MR) is 62.1 cm³/mol. The van der Waals surface area contributed by atoms with Gasteiger partial charge in [-0.15, -0.1) is 0 Å². The van der Waals surface area contributed by atoms with Crippen molar-refractivity contribution in [1.82, 2.24) is 10.2 Å². The van der Waals surface area contributed by atoms with Crippen LogP contribution in [0.5, 0.6) is 0 Å². The second-order valence-electron chi connectivity index (χ2n) is 4.71. The van der Waals surface area contributed by atoms with E-state index in [-0.39, 0.29) is 0 Å². The summed E-state index contributed by atoms with van der Waals surface area (Å²) < 4.78 is 0. The molecule has 0 aromatic heterocycles. The zero-order valence-corrected chi connectivity index (χ0v) is 9.29. The SMILES string of the molecule is Cc1ccc2c(c1)CCN1CCNC[C@@H]21. The van der Waals surface area contributed by atoms with Crippen molar-refractivity contribution in [1.29, 1.82) is 0 Å². The summed E-state index contributed by atoms with van der Waals surface area (Å²) in [5, 5.41) is 3.50. The van der Waals surface area contributed by atoms with Gasteiger partial charge in [-0.3, -0.25) is 4.90 Å². The zero-order chi connectivity index (χ0) is 10.3. The van der Waals surface area contributed by atoms with Gasteiger partial charge in [0.25, 0.3) is 0 Å². The van der Waals surface area contributed by atoms with Gasteiger partial charge in [-0.2, -0.15) is 0 Å². The second kappa shape index (κ2) is 3.62. The Morgan fingerprint density at radius 3 is 3.20 bits per heavy atom. The summed E-state index contributed by atoms with van der Waals surface area (Å²) in [6.07, 6.45) is 1.23. The fraction of sp³-hybridized carbons (Fsp3) is 0.538. The third-order valence-corrected chi connectivity index (χ3v) is 3.68. The van der Waals surface area contributed by atoms with Crippen molar-refractivity contribution in [3.8, 4) is 0 Å². The summed E-state index contributed by atoms with van der Waals surface area (Å²) in [7, 11) is 0. The van der Waals surface area contributed by atoms with Gasteiger partial charge in [-0.05, 0) is 24.5 Å². The van der Waals surface area contributed by atoms with Crippen LogP contribution in [0.15, 0.2) is 18.2 Å². The fourth-order valence-electron chi connectivity index (χ4n) is 2.86. The van der Waals surface area contributed by atoms with Crippen molar-refractivity contribution in [2.75, 3.05) is 26.2 Å². The molecule has 2 aliphatic rings. The van der Waals surface area contributed by atoms with Crippen molar-refractivity contribution in [2.45, 2.75) is 19.4 Å². The first-order valence-corrected chi connectivity index (χ1v) is 5.89. The number of nitrogens with zero attached hydrogens (tertiary/aromatic N) is 1. The third-order valence-electron chi connectivity index (χ3n) is 3.68. The highest BCUT2D eigenvalue weighted by Crippen LogP contribution is 2.30. The lowest BCUT2D eigenvalue weighted by Crippen LogP contribution is -2.48. The first kappa shape index (κ1) is 9.37. The molecule has 1 atom stereocenters. The minimum Gasteiger partial charge on any atom is -0.314 e. The van der Waals surface area contributed by atoms with E-state index in [4.69, 9.17) is 0 Å². The summed E-state index contributed by atoms with van der Waals surface area (Å²) in [5.41, 5.74) is 4.52. The molecule has 2 heteroatoms. The Bertz CT molecular complexity index is 373. The van der Waals surface area contributed by atoms with Gasteiger partial charge in [-0.25, -0.2) is 0 Å². The summed E-state index contributed by atoms with van der Waals surface area (Å²) in [4.78, 5) is 2.62. The van der Waals surface area contributed by atoms with Gasteiger partial charge in [0, 0.05) is 32.2 Å². The average Bonchev–Trinajstić information content (AvgIpc) is 2.28. The largest absolute Gasteiger partial charge is 0.314 e. The lowest BCUT2D eigenvalue weighted by atomic mass is 9.90. The maximum absolute atomic E-state index is 3.50. The normalized spacial score (nSPS) is 25.8. The highest BCUT2D eigenvalue weighted by Gasteiger charge is 2.28. The highest BCUT2D eigenvalue weighted by molar-refractivity contribution is 5.36. The Labute approximate surface area is 91.3 Å². The summed E-state index contributed by atoms with van der Waals surface area (Å²) in [5.74, 6) is 0. The smallest absolute Gasteiger partial charge is 0.0476 e. The maximum atomic E-state index is 3.50. The van der Waals surface area contributed by atoms with E-state index >= 15 is 0 Å². The van der Waals surface area contributed by atoms with Gasteiger partial charge >= 0.3 is 0 Å². The molecule has 1 saturated heterocycles. The molecule has 1 aromatic carbocycles. The van der Waals surface area contributed by atoms with Crippen LogP contribution in [-0.2, 0) is 6.42 Å². The molecule has 0 unspecified atom stereocenters. The first-order chi connectivity index (χ1) is 7.34. The van der Waals surface area contributed by atoms with Crippen LogP contribution in [0.4, 0.5) is 0 Å². The number of hydrogen-bond acceptors (Lipinski definition) is 2. The lowest BCUT2D eigenvalue weighted by Gasteiger charge is -2.41. The van der Waals surface area contributed by atoms with E-state index < -0.39 is 0 Å². The van der Waals surface area contributed by atoms with Crippen LogP contribution >= 0.6 is 0 Å². The average molecular weight is 202 g/mol. The molecular weight excluding hydrogens is 184 g/mol. The van der Waals surface area contributed by atoms with Gasteiger partial charge in [0.15, 0.2) is 0 Å². The Morgan fingerprint density at radius 2 is 2.27 bits per heavy atom. The van der Waals surface area contributed by atoms with Crippen LogP contribution in [-0.4, -0.2) is 31.1 Å². The van der Waals surface area contributed by atoms with E-state index in [0.29, 0.717) is 6.04 Å². The molecule has 2 aliphatic heterocycles. The van der Waals surface area contributed by atoms with Crippen molar-refractivity contribution in [3.05, 3.63) is 34.9 Å². The van der Waals surface area contributed by atoms with E-state index in [1.54, 1.807) is 11.1 Å². The molecule has 0 radical (unpaired) electrons. The number of rotatable bonds is 0. The summed E-state index contributed by atoms with van der Waals surface area (Å²) in [6, 6.07) is 7.57. The van der Waals surface area contributed by atoms with Crippen LogP contribution in [0.3, 0.4) is 0 Å². The number of aryl methyl sites for hydroxylation is 1. The molecule has 0 aliphatic carbocycles. The van der Waals surface area contributed by atoms with Gasteiger partial charge in [-0.1, -0.05) is 23.8 Å². The molecule has 1 fully saturated rings. The molecule has 1 N–H and O–H groups in total. The van der Waals surface area contributed by atoms with Crippen molar-refractivity contribution in [2.24, 2.45) is 0 Å². The summed E-state index contributed by atoms with van der Waals surface area (Å²) >= 11 is 0. The number of piperazine rings is 1. The van der Waals surface area contributed by atoms with Crippen LogP contribution in [0.1, 0.15) is 22.7 Å². The van der Waals surface area contributed by atoms with Crippen molar-refractivity contribution in [3.63, 3.8) is 0 Å². The van der Waals surface area contributed by atoms with Gasteiger partial charge < -0.3 is 5.32 Å². The molecule has 0 saturated carbocycles. The second-order valence-corrected chi connectivity index (χ2v) is 4.71. The maximum Gasteiger partial charge on any atom is 0.0476 e. The fourth-order valence-corrected chi connectivity index (χ4v) is 2.86. The third kappa shape index (κ3) is 1.58. The number of hydrogen-bond donors (Lipinski definition) is 1. The van der Waals surface area contributed by atoms with Gasteiger partial charge in [0.05, 0.1) is 0 Å². The Morgan fingerprint density at radius 1 is 1.33 bits per heavy atom. The molecule has 3 rings (SSSR count). The summed E-state index contributed by atoms with van der Waals surface area (Å²) in [6.45, 7) is 6.90. The lowest BCUT2D eigenvalue weighted by molar-refractivity contribution is 0.152. The zero-order valence-electron chi connectivity index (χ0n) is 9.29. The molecule has 1 aromatic rings. The predicted octanol–water partition coefficient (Wildman–Crippen LogP) is 1.50. The van der Waals surface area contributed by atoms with Crippen molar-refractivity contribution >= 4 is 0 Å². The molecule has 2 heterocycles. The van der Waals surface area contributed by atoms with E-state index in [9.17, 15) is 0 Å². The molecule has 0 bridgehead atoms. The van der Waals surface area contributed by atoms with E-state index in [0.717, 1.165) is 13.1 Å². The van der Waals surface area contributed by atoms with Gasteiger partial charge in [0.2, 0.25) is 0 Å². The Hall–Kier alpha value is -0.860. The number of fused-ring (bicyclic) bond motifs is 3. The molecule has 80 valence electrons. The molecule has 2 nitrogen and oxygen atoms in total. The Kier molecular flexibility index (Phi) is 2.26. The monoisotopic (exact) mass is 202 g/mol. The molecule has 15 heavy (non-hydrogen) atoms.